The number of nitrogens with one attached hydrogen (secondary N) is 1. The molecule has 0 aliphatic heterocycles. The minimum Gasteiger partial charge on any atom is -0.493 e. The second-order valence-electron chi connectivity index (χ2n) is 4.20. The van der Waals surface area contributed by atoms with Crippen LogP contribution in [0.5, 0.6) is 11.5 Å². The number of anilines is 1. The number of aromatic nitrogens is 4. The van der Waals surface area contributed by atoms with E-state index in [-0.39, 0.29) is 0 Å². The van der Waals surface area contributed by atoms with Crippen LogP contribution in [0.2, 0.25) is 5.02 Å². The van der Waals surface area contributed by atoms with Crippen LogP contribution < -0.4 is 14.8 Å². The molecule has 0 atom stereocenters. The van der Waals surface area contributed by atoms with Gasteiger partial charge in [-0.3, -0.25) is 0 Å². The summed E-state index contributed by atoms with van der Waals surface area (Å²) >= 11 is 6.26. The quantitative estimate of drug-likeness (QED) is 0.846. The number of ether oxygens (including phenoxy) is 2. The summed E-state index contributed by atoms with van der Waals surface area (Å²) in [6.45, 7) is 5.62. The molecule has 21 heavy (non-hydrogen) atoms. The summed E-state index contributed by atoms with van der Waals surface area (Å²) < 4.78 is 12.5. The molecule has 0 fully saturated rings. The Morgan fingerprint density at radius 1 is 1.29 bits per heavy atom. The molecule has 1 aromatic carbocycles. The third kappa shape index (κ3) is 3.55. The van der Waals surface area contributed by atoms with Gasteiger partial charge in [0.15, 0.2) is 11.5 Å². The molecule has 0 spiro atoms. The third-order valence-corrected chi connectivity index (χ3v) is 3.25. The highest BCUT2D eigenvalue weighted by atomic mass is 35.5. The molecule has 0 amide bonds. The lowest BCUT2D eigenvalue weighted by molar-refractivity contribution is 0.310. The lowest BCUT2D eigenvalue weighted by Crippen LogP contribution is -2.08. The van der Waals surface area contributed by atoms with Crippen LogP contribution in [0.4, 0.5) is 5.95 Å². The average molecular weight is 312 g/mol. The van der Waals surface area contributed by atoms with Crippen molar-refractivity contribution in [1.29, 1.82) is 0 Å². The lowest BCUT2D eigenvalue weighted by Gasteiger charge is -2.13. The van der Waals surface area contributed by atoms with Gasteiger partial charge in [0.25, 0.3) is 0 Å². The van der Waals surface area contributed by atoms with E-state index in [9.17, 15) is 0 Å². The van der Waals surface area contributed by atoms with Crippen molar-refractivity contribution < 1.29 is 9.47 Å². The predicted octanol–water partition coefficient (Wildman–Crippen LogP) is 2.37. The zero-order chi connectivity index (χ0) is 15.2. The Labute approximate surface area is 128 Å². The van der Waals surface area contributed by atoms with Crippen LogP contribution in [0.15, 0.2) is 12.1 Å². The highest BCUT2D eigenvalue weighted by molar-refractivity contribution is 6.31. The van der Waals surface area contributed by atoms with E-state index >= 15 is 0 Å². The van der Waals surface area contributed by atoms with Crippen LogP contribution >= 0.6 is 11.6 Å². The van der Waals surface area contributed by atoms with E-state index in [1.54, 1.807) is 17.9 Å². The van der Waals surface area contributed by atoms with Gasteiger partial charge in [-0.15, -0.1) is 0 Å². The summed E-state index contributed by atoms with van der Waals surface area (Å²) in [4.78, 5) is 0. The number of rotatable bonds is 7. The summed E-state index contributed by atoms with van der Waals surface area (Å²) in [6, 6.07) is 3.60. The van der Waals surface area contributed by atoms with Crippen LogP contribution in [0, 0.1) is 0 Å². The van der Waals surface area contributed by atoms with E-state index in [1.165, 1.54) is 0 Å². The number of nitrogens with zero attached hydrogens (tertiary/aromatic N) is 4. The fraction of sp³-hybridized carbons (Fsp3) is 0.462. The topological polar surface area (TPSA) is 74.1 Å². The average Bonchev–Trinajstić information content (AvgIpc) is 2.95. The molecule has 0 bridgehead atoms. The molecule has 1 heterocycles. The molecule has 0 radical (unpaired) electrons. The largest absolute Gasteiger partial charge is 0.493 e. The first kappa shape index (κ1) is 15.4. The summed E-state index contributed by atoms with van der Waals surface area (Å²) in [7, 11) is 1.58. The Morgan fingerprint density at radius 3 is 2.76 bits per heavy atom. The van der Waals surface area contributed by atoms with E-state index in [0.717, 1.165) is 5.56 Å². The molecule has 7 nitrogen and oxygen atoms in total. The van der Waals surface area contributed by atoms with Crippen molar-refractivity contribution >= 4 is 17.5 Å². The molecule has 0 saturated carbocycles. The van der Waals surface area contributed by atoms with E-state index < -0.39 is 0 Å². The summed E-state index contributed by atoms with van der Waals surface area (Å²) in [5.74, 6) is 1.88. The molecule has 0 saturated heterocycles. The highest BCUT2D eigenvalue weighted by Crippen LogP contribution is 2.33. The minimum absolute atomic E-state index is 0.489. The van der Waals surface area contributed by atoms with Gasteiger partial charge in [-0.25, -0.2) is 4.68 Å². The molecule has 2 aromatic rings. The standard InChI is InChI=1S/C13H18ClN5O2/c1-4-19-13(16-17-18-19)15-8-9-6-12(21-5-2)11(20-3)7-10(9)14/h6-7H,4-5,8H2,1-3H3,(H,15,16,18). The third-order valence-electron chi connectivity index (χ3n) is 2.90. The minimum atomic E-state index is 0.489. The molecular formula is C13H18ClN5O2. The maximum absolute atomic E-state index is 6.26. The van der Waals surface area contributed by atoms with Crippen LogP contribution in [0.3, 0.4) is 0 Å². The Balaban J connectivity index is 2.17. The summed E-state index contributed by atoms with van der Waals surface area (Å²) in [5.41, 5.74) is 0.881. The fourth-order valence-electron chi connectivity index (χ4n) is 1.86. The Hall–Kier alpha value is -2.02. The van der Waals surface area contributed by atoms with Gasteiger partial charge in [-0.1, -0.05) is 16.7 Å². The lowest BCUT2D eigenvalue weighted by atomic mass is 10.2. The first-order valence-corrected chi connectivity index (χ1v) is 7.06. The molecule has 8 heteroatoms. The first-order chi connectivity index (χ1) is 10.2. The maximum Gasteiger partial charge on any atom is 0.243 e. The van der Waals surface area contributed by atoms with Crippen molar-refractivity contribution in [2.45, 2.75) is 26.9 Å². The van der Waals surface area contributed by atoms with Crippen LogP contribution in [0.1, 0.15) is 19.4 Å². The van der Waals surface area contributed by atoms with Gasteiger partial charge in [0.1, 0.15) is 0 Å². The predicted molar refractivity (Wildman–Crippen MR) is 80.0 cm³/mol. The van der Waals surface area contributed by atoms with Gasteiger partial charge in [0.05, 0.1) is 13.7 Å². The second-order valence-corrected chi connectivity index (χ2v) is 4.61. The maximum atomic E-state index is 6.26. The summed E-state index contributed by atoms with van der Waals surface area (Å²) in [6.07, 6.45) is 0. The number of benzene rings is 1. The Bertz CT molecular complexity index is 602. The molecule has 1 aromatic heterocycles. The molecule has 2 rings (SSSR count). The van der Waals surface area contributed by atoms with Crippen molar-refractivity contribution in [3.8, 4) is 11.5 Å². The second kappa shape index (κ2) is 7.12. The first-order valence-electron chi connectivity index (χ1n) is 6.68. The highest BCUT2D eigenvalue weighted by Gasteiger charge is 2.11. The van der Waals surface area contributed by atoms with E-state index in [1.807, 2.05) is 19.9 Å². The van der Waals surface area contributed by atoms with Gasteiger partial charge in [0, 0.05) is 24.2 Å². The number of tetrazole rings is 1. The molecule has 0 aliphatic carbocycles. The number of aryl methyl sites for hydroxylation is 1. The van der Waals surface area contributed by atoms with Crippen molar-refractivity contribution in [3.63, 3.8) is 0 Å². The number of methoxy groups -OCH3 is 1. The smallest absolute Gasteiger partial charge is 0.243 e. The number of hydrogen-bond donors (Lipinski definition) is 1. The van der Waals surface area contributed by atoms with Gasteiger partial charge < -0.3 is 14.8 Å². The van der Waals surface area contributed by atoms with Crippen LogP contribution in [-0.2, 0) is 13.1 Å². The molecule has 1 N–H and O–H groups in total. The molecule has 114 valence electrons. The van der Waals surface area contributed by atoms with Crippen LogP contribution in [0.25, 0.3) is 0 Å². The normalized spacial score (nSPS) is 10.5. The summed E-state index contributed by atoms with van der Waals surface area (Å²) in [5, 5.41) is 15.1. The molecule has 0 aliphatic rings. The van der Waals surface area contributed by atoms with Crippen molar-refractivity contribution in [2.24, 2.45) is 0 Å². The van der Waals surface area contributed by atoms with Crippen molar-refractivity contribution in [1.82, 2.24) is 20.2 Å². The van der Waals surface area contributed by atoms with Crippen LogP contribution in [-0.4, -0.2) is 33.9 Å². The van der Waals surface area contributed by atoms with E-state index in [4.69, 9.17) is 21.1 Å². The fourth-order valence-corrected chi connectivity index (χ4v) is 2.08. The number of halogens is 1. The zero-order valence-corrected chi connectivity index (χ0v) is 13.0. The van der Waals surface area contributed by atoms with Gasteiger partial charge in [0.2, 0.25) is 5.95 Å². The van der Waals surface area contributed by atoms with Gasteiger partial charge in [-0.05, 0) is 35.9 Å². The molecule has 0 unspecified atom stereocenters. The van der Waals surface area contributed by atoms with Crippen molar-refractivity contribution in [2.75, 3.05) is 19.0 Å². The van der Waals surface area contributed by atoms with E-state index in [0.29, 0.717) is 42.2 Å². The van der Waals surface area contributed by atoms with Gasteiger partial charge >= 0.3 is 0 Å². The van der Waals surface area contributed by atoms with E-state index in [2.05, 4.69) is 20.8 Å². The Kier molecular flexibility index (Phi) is 5.21. The monoisotopic (exact) mass is 311 g/mol. The molecular weight excluding hydrogens is 294 g/mol. The van der Waals surface area contributed by atoms with Gasteiger partial charge in [-0.2, -0.15) is 0 Å². The number of hydrogen-bond acceptors (Lipinski definition) is 6. The zero-order valence-electron chi connectivity index (χ0n) is 12.3. The van der Waals surface area contributed by atoms with Crippen molar-refractivity contribution in [3.05, 3.63) is 22.7 Å². The SMILES string of the molecule is CCOc1cc(CNc2nnnn2CC)c(Cl)cc1OC. The Morgan fingerprint density at radius 2 is 2.10 bits per heavy atom.